The Hall–Kier alpha value is -0.810. The van der Waals surface area contributed by atoms with Gasteiger partial charge in [0.2, 0.25) is 0 Å². The summed E-state index contributed by atoms with van der Waals surface area (Å²) >= 11 is 6.02. The Balaban J connectivity index is 2.12. The highest BCUT2D eigenvalue weighted by Gasteiger charge is 2.26. The third-order valence-electron chi connectivity index (χ3n) is 3.31. The maximum Gasteiger partial charge on any atom is 0.122 e. The van der Waals surface area contributed by atoms with E-state index in [9.17, 15) is 0 Å². The minimum absolute atomic E-state index is 0.0832. The summed E-state index contributed by atoms with van der Waals surface area (Å²) in [7, 11) is 1.66. The van der Waals surface area contributed by atoms with Crippen LogP contribution >= 0.6 is 11.6 Å². The van der Waals surface area contributed by atoms with Gasteiger partial charge in [0.1, 0.15) is 5.75 Å². The average molecular weight is 271 g/mol. The van der Waals surface area contributed by atoms with Crippen molar-refractivity contribution in [2.75, 3.05) is 13.7 Å². The van der Waals surface area contributed by atoms with Crippen LogP contribution in [0.5, 0.6) is 5.75 Å². The van der Waals surface area contributed by atoms with E-state index in [1.165, 1.54) is 0 Å². The molecule has 0 radical (unpaired) electrons. The highest BCUT2D eigenvalue weighted by atomic mass is 35.5. The fraction of sp³-hybridized carbons (Fsp3) is 0.538. The van der Waals surface area contributed by atoms with Crippen LogP contribution in [0.15, 0.2) is 18.2 Å². The molecule has 1 fully saturated rings. The SMILES string of the molecule is COc1ccc(Cl)cc1CC(NN)C1CCCO1. The van der Waals surface area contributed by atoms with E-state index in [0.717, 1.165) is 37.2 Å². The second kappa shape index (κ2) is 6.38. The molecule has 18 heavy (non-hydrogen) atoms. The van der Waals surface area contributed by atoms with E-state index < -0.39 is 0 Å². The van der Waals surface area contributed by atoms with Gasteiger partial charge in [-0.2, -0.15) is 0 Å². The largest absolute Gasteiger partial charge is 0.496 e. The molecule has 0 aliphatic carbocycles. The number of benzene rings is 1. The number of halogens is 1. The van der Waals surface area contributed by atoms with Crippen LogP contribution in [-0.4, -0.2) is 25.9 Å². The van der Waals surface area contributed by atoms with Crippen LogP contribution in [0, 0.1) is 0 Å². The molecule has 2 atom stereocenters. The molecule has 1 heterocycles. The summed E-state index contributed by atoms with van der Waals surface area (Å²) in [5.41, 5.74) is 3.88. The van der Waals surface area contributed by atoms with Crippen molar-refractivity contribution < 1.29 is 9.47 Å². The lowest BCUT2D eigenvalue weighted by Crippen LogP contribution is -2.45. The van der Waals surface area contributed by atoms with E-state index in [4.69, 9.17) is 26.9 Å². The third-order valence-corrected chi connectivity index (χ3v) is 3.55. The van der Waals surface area contributed by atoms with Gasteiger partial charge in [0.25, 0.3) is 0 Å². The van der Waals surface area contributed by atoms with E-state index in [0.29, 0.717) is 5.02 Å². The van der Waals surface area contributed by atoms with Gasteiger partial charge in [-0.3, -0.25) is 11.3 Å². The summed E-state index contributed by atoms with van der Waals surface area (Å²) < 4.78 is 11.0. The summed E-state index contributed by atoms with van der Waals surface area (Å²) in [6.07, 6.45) is 3.04. The normalized spacial score (nSPS) is 20.9. The predicted octanol–water partition coefficient (Wildman–Crippen LogP) is 1.90. The standard InChI is InChI=1S/C13H19ClN2O2/c1-17-12-5-4-10(14)7-9(12)8-11(16-15)13-3-2-6-18-13/h4-5,7,11,13,16H,2-3,6,8,15H2,1H3. The van der Waals surface area contributed by atoms with Crippen molar-refractivity contribution in [2.24, 2.45) is 5.84 Å². The Morgan fingerprint density at radius 2 is 2.44 bits per heavy atom. The van der Waals surface area contributed by atoms with E-state index >= 15 is 0 Å². The lowest BCUT2D eigenvalue weighted by molar-refractivity contribution is 0.0782. The average Bonchev–Trinajstić information content (AvgIpc) is 2.90. The van der Waals surface area contributed by atoms with Crippen molar-refractivity contribution in [2.45, 2.75) is 31.4 Å². The van der Waals surface area contributed by atoms with Crippen molar-refractivity contribution in [3.05, 3.63) is 28.8 Å². The van der Waals surface area contributed by atoms with Gasteiger partial charge in [0.15, 0.2) is 0 Å². The number of methoxy groups -OCH3 is 1. The van der Waals surface area contributed by atoms with Gasteiger partial charge in [-0.05, 0) is 43.0 Å². The van der Waals surface area contributed by atoms with E-state index in [1.807, 2.05) is 18.2 Å². The van der Waals surface area contributed by atoms with Crippen molar-refractivity contribution >= 4 is 11.6 Å². The molecule has 1 aliphatic rings. The van der Waals surface area contributed by atoms with Crippen molar-refractivity contribution in [3.63, 3.8) is 0 Å². The predicted molar refractivity (Wildman–Crippen MR) is 71.8 cm³/mol. The number of hydrogen-bond donors (Lipinski definition) is 2. The summed E-state index contributed by atoms with van der Waals surface area (Å²) in [6.45, 7) is 0.815. The molecule has 0 saturated carbocycles. The summed E-state index contributed by atoms with van der Waals surface area (Å²) in [5.74, 6) is 6.46. The zero-order valence-corrected chi connectivity index (χ0v) is 11.2. The Labute approximate surface area is 112 Å². The van der Waals surface area contributed by atoms with E-state index in [1.54, 1.807) is 7.11 Å². The Bertz CT molecular complexity index is 395. The maximum atomic E-state index is 6.02. The highest BCUT2D eigenvalue weighted by molar-refractivity contribution is 6.30. The lowest BCUT2D eigenvalue weighted by atomic mass is 9.99. The second-order valence-corrected chi connectivity index (χ2v) is 4.92. The van der Waals surface area contributed by atoms with Crippen LogP contribution in [-0.2, 0) is 11.2 Å². The van der Waals surface area contributed by atoms with Crippen LogP contribution in [0.2, 0.25) is 5.02 Å². The fourth-order valence-corrected chi connectivity index (χ4v) is 2.56. The molecule has 5 heteroatoms. The van der Waals surface area contributed by atoms with Gasteiger partial charge in [-0.25, -0.2) is 0 Å². The highest BCUT2D eigenvalue weighted by Crippen LogP contribution is 2.26. The number of nitrogens with one attached hydrogen (secondary N) is 1. The second-order valence-electron chi connectivity index (χ2n) is 4.48. The van der Waals surface area contributed by atoms with Crippen molar-refractivity contribution in [1.82, 2.24) is 5.43 Å². The molecule has 2 rings (SSSR count). The molecule has 1 aromatic carbocycles. The smallest absolute Gasteiger partial charge is 0.122 e. The first-order valence-electron chi connectivity index (χ1n) is 6.14. The quantitative estimate of drug-likeness (QED) is 0.634. The van der Waals surface area contributed by atoms with Crippen molar-refractivity contribution in [1.29, 1.82) is 0 Å². The molecule has 100 valence electrons. The molecular weight excluding hydrogens is 252 g/mol. The maximum absolute atomic E-state index is 6.02. The first kappa shape index (κ1) is 13.6. The summed E-state index contributed by atoms with van der Waals surface area (Å²) in [5, 5.41) is 0.703. The molecule has 3 N–H and O–H groups in total. The number of hydrogen-bond acceptors (Lipinski definition) is 4. The summed E-state index contributed by atoms with van der Waals surface area (Å²) in [6, 6.07) is 5.70. The molecule has 0 bridgehead atoms. The molecule has 0 aromatic heterocycles. The lowest BCUT2D eigenvalue weighted by Gasteiger charge is -2.23. The van der Waals surface area contributed by atoms with Gasteiger partial charge < -0.3 is 9.47 Å². The van der Waals surface area contributed by atoms with E-state index in [2.05, 4.69) is 5.43 Å². The van der Waals surface area contributed by atoms with Gasteiger partial charge >= 0.3 is 0 Å². The van der Waals surface area contributed by atoms with Crippen LogP contribution in [0.4, 0.5) is 0 Å². The van der Waals surface area contributed by atoms with Crippen LogP contribution in [0.25, 0.3) is 0 Å². The minimum Gasteiger partial charge on any atom is -0.496 e. The van der Waals surface area contributed by atoms with Crippen molar-refractivity contribution in [3.8, 4) is 5.75 Å². The molecule has 0 spiro atoms. The summed E-state index contributed by atoms with van der Waals surface area (Å²) in [4.78, 5) is 0. The van der Waals surface area contributed by atoms with Crippen LogP contribution < -0.4 is 16.0 Å². The Kier molecular flexibility index (Phi) is 4.83. The first-order chi connectivity index (χ1) is 8.74. The van der Waals surface area contributed by atoms with E-state index in [-0.39, 0.29) is 12.1 Å². The number of ether oxygens (including phenoxy) is 2. The van der Waals surface area contributed by atoms with Crippen LogP contribution in [0.1, 0.15) is 18.4 Å². The molecule has 1 aromatic rings. The third kappa shape index (κ3) is 3.14. The van der Waals surface area contributed by atoms with Gasteiger partial charge in [0, 0.05) is 11.6 Å². The van der Waals surface area contributed by atoms with Gasteiger partial charge in [-0.15, -0.1) is 0 Å². The number of hydrazine groups is 1. The van der Waals surface area contributed by atoms with Crippen LogP contribution in [0.3, 0.4) is 0 Å². The van der Waals surface area contributed by atoms with Gasteiger partial charge in [-0.1, -0.05) is 11.6 Å². The Morgan fingerprint density at radius 1 is 1.61 bits per heavy atom. The first-order valence-corrected chi connectivity index (χ1v) is 6.52. The molecular formula is C13H19ClN2O2. The zero-order chi connectivity index (χ0) is 13.0. The monoisotopic (exact) mass is 270 g/mol. The zero-order valence-electron chi connectivity index (χ0n) is 10.5. The molecule has 4 nitrogen and oxygen atoms in total. The van der Waals surface area contributed by atoms with Gasteiger partial charge in [0.05, 0.1) is 19.3 Å². The molecule has 0 amide bonds. The molecule has 1 saturated heterocycles. The number of nitrogens with two attached hydrogens (primary N) is 1. The molecule has 2 unspecified atom stereocenters. The molecule has 1 aliphatic heterocycles. The minimum atomic E-state index is 0.0832. The number of rotatable bonds is 5. The fourth-order valence-electron chi connectivity index (χ4n) is 2.36. The topological polar surface area (TPSA) is 56.5 Å². The Morgan fingerprint density at radius 3 is 3.06 bits per heavy atom.